The van der Waals surface area contributed by atoms with Crippen molar-refractivity contribution in [3.63, 3.8) is 0 Å². The molecule has 2 rings (SSSR count). The van der Waals surface area contributed by atoms with E-state index in [1.165, 1.54) is 11.1 Å². The van der Waals surface area contributed by atoms with Crippen molar-refractivity contribution >= 4 is 46.8 Å². The number of carbonyl (C=O) groups excluding carboxylic acids is 2. The van der Waals surface area contributed by atoms with E-state index in [4.69, 9.17) is 23.2 Å². The summed E-state index contributed by atoms with van der Waals surface area (Å²) in [5.41, 5.74) is 3.06. The van der Waals surface area contributed by atoms with Crippen LogP contribution in [0.5, 0.6) is 0 Å². The summed E-state index contributed by atoms with van der Waals surface area (Å²) in [6.07, 6.45) is 0.500. The molecule has 174 valence electrons. The van der Waals surface area contributed by atoms with Crippen molar-refractivity contribution in [3.8, 4) is 0 Å². The van der Waals surface area contributed by atoms with Gasteiger partial charge in [-0.25, -0.2) is 0 Å². The summed E-state index contributed by atoms with van der Waals surface area (Å²) in [5.74, 6) is 1.07. The fourth-order valence-corrected chi connectivity index (χ4v) is 4.80. The molecular formula is C25H32Cl2N2O2S. The highest BCUT2D eigenvalue weighted by atomic mass is 35.5. The molecule has 0 fully saturated rings. The van der Waals surface area contributed by atoms with Crippen LogP contribution in [0.25, 0.3) is 0 Å². The predicted octanol–water partition coefficient (Wildman–Crippen LogP) is 6.11. The number of nitrogens with one attached hydrogen (secondary N) is 1. The van der Waals surface area contributed by atoms with E-state index in [9.17, 15) is 9.59 Å². The van der Waals surface area contributed by atoms with Crippen LogP contribution in [0, 0.1) is 12.8 Å². The van der Waals surface area contributed by atoms with Crippen LogP contribution < -0.4 is 5.32 Å². The first kappa shape index (κ1) is 26.6. The molecule has 2 amide bonds. The summed E-state index contributed by atoms with van der Waals surface area (Å²) >= 11 is 14.3. The van der Waals surface area contributed by atoms with Gasteiger partial charge in [0.1, 0.15) is 6.04 Å². The second-order valence-electron chi connectivity index (χ2n) is 8.20. The molecule has 1 atom stereocenters. The average Bonchev–Trinajstić information content (AvgIpc) is 2.75. The van der Waals surface area contributed by atoms with E-state index in [1.807, 2.05) is 32.9 Å². The van der Waals surface area contributed by atoms with E-state index >= 15 is 0 Å². The normalized spacial score (nSPS) is 12.0. The predicted molar refractivity (Wildman–Crippen MR) is 136 cm³/mol. The van der Waals surface area contributed by atoms with Crippen LogP contribution in [0.2, 0.25) is 10.0 Å². The quantitative estimate of drug-likeness (QED) is 0.409. The summed E-state index contributed by atoms with van der Waals surface area (Å²) in [5, 5.41) is 3.94. The van der Waals surface area contributed by atoms with Crippen LogP contribution in [0.4, 0.5) is 0 Å². The summed E-state index contributed by atoms with van der Waals surface area (Å²) in [4.78, 5) is 27.9. The standard InChI is InChI=1S/C25H32Cl2N2O2S/c1-5-23(25(31)28-13-17(2)3)29(14-20-21(26)11-8-12-22(20)27)24(30)16-32-15-19-10-7-6-9-18(19)4/h6-12,17,23H,5,13-16H2,1-4H3,(H,28,31). The fraction of sp³-hybridized carbons (Fsp3) is 0.440. The van der Waals surface area contributed by atoms with Gasteiger partial charge in [0, 0.05) is 34.5 Å². The first-order chi connectivity index (χ1) is 15.2. The van der Waals surface area contributed by atoms with Crippen molar-refractivity contribution in [1.82, 2.24) is 10.2 Å². The van der Waals surface area contributed by atoms with Gasteiger partial charge in [-0.2, -0.15) is 0 Å². The van der Waals surface area contributed by atoms with Gasteiger partial charge in [-0.05, 0) is 42.5 Å². The molecule has 0 aromatic heterocycles. The lowest BCUT2D eigenvalue weighted by molar-refractivity contribution is -0.139. The molecule has 0 spiro atoms. The van der Waals surface area contributed by atoms with Gasteiger partial charge >= 0.3 is 0 Å². The number of thioether (sulfide) groups is 1. The number of aryl methyl sites for hydroxylation is 1. The van der Waals surface area contributed by atoms with Gasteiger partial charge in [-0.1, -0.05) is 74.3 Å². The van der Waals surface area contributed by atoms with Gasteiger partial charge in [0.15, 0.2) is 0 Å². The summed E-state index contributed by atoms with van der Waals surface area (Å²) in [6, 6.07) is 12.8. The monoisotopic (exact) mass is 494 g/mol. The average molecular weight is 496 g/mol. The lowest BCUT2D eigenvalue weighted by atomic mass is 10.1. The van der Waals surface area contributed by atoms with Gasteiger partial charge in [-0.3, -0.25) is 9.59 Å². The van der Waals surface area contributed by atoms with Crippen molar-refractivity contribution in [3.05, 3.63) is 69.2 Å². The zero-order chi connectivity index (χ0) is 23.7. The summed E-state index contributed by atoms with van der Waals surface area (Å²) in [6.45, 7) is 8.80. The molecule has 4 nitrogen and oxygen atoms in total. The van der Waals surface area contributed by atoms with Crippen LogP contribution in [-0.4, -0.2) is 35.1 Å². The van der Waals surface area contributed by atoms with Crippen molar-refractivity contribution in [2.24, 2.45) is 5.92 Å². The molecule has 0 radical (unpaired) electrons. The highest BCUT2D eigenvalue weighted by molar-refractivity contribution is 7.99. The van der Waals surface area contributed by atoms with E-state index in [0.29, 0.717) is 34.5 Å². The van der Waals surface area contributed by atoms with Crippen molar-refractivity contribution in [2.75, 3.05) is 12.3 Å². The summed E-state index contributed by atoms with van der Waals surface area (Å²) in [7, 11) is 0. The lowest BCUT2D eigenvalue weighted by Crippen LogP contribution is -2.50. The SMILES string of the molecule is CCC(C(=O)NCC(C)C)N(Cc1c(Cl)cccc1Cl)C(=O)CSCc1ccccc1C. The third-order valence-electron chi connectivity index (χ3n) is 5.20. The molecule has 0 heterocycles. The zero-order valence-electron chi connectivity index (χ0n) is 19.2. The maximum Gasteiger partial charge on any atom is 0.242 e. The minimum Gasteiger partial charge on any atom is -0.354 e. The Morgan fingerprint density at radius 1 is 1.06 bits per heavy atom. The van der Waals surface area contributed by atoms with Crippen molar-refractivity contribution in [2.45, 2.75) is 52.5 Å². The number of nitrogens with zero attached hydrogens (tertiary/aromatic N) is 1. The van der Waals surface area contributed by atoms with Gasteiger partial charge in [0.2, 0.25) is 11.8 Å². The Kier molecular flexibility index (Phi) is 10.9. The maximum atomic E-state index is 13.3. The van der Waals surface area contributed by atoms with Crippen LogP contribution >= 0.6 is 35.0 Å². The fourth-order valence-electron chi connectivity index (χ4n) is 3.30. The number of hydrogen-bond acceptors (Lipinski definition) is 3. The second kappa shape index (κ2) is 13.1. The van der Waals surface area contributed by atoms with Crippen LogP contribution in [0.3, 0.4) is 0 Å². The summed E-state index contributed by atoms with van der Waals surface area (Å²) < 4.78 is 0. The third kappa shape index (κ3) is 7.72. The molecule has 0 saturated carbocycles. The van der Waals surface area contributed by atoms with Crippen LogP contribution in [-0.2, 0) is 21.9 Å². The number of amides is 2. The number of carbonyl (C=O) groups is 2. The molecule has 7 heteroatoms. The molecule has 0 saturated heterocycles. The lowest BCUT2D eigenvalue weighted by Gasteiger charge is -2.31. The Balaban J connectivity index is 2.20. The topological polar surface area (TPSA) is 49.4 Å². The number of halogens is 2. The molecule has 0 bridgehead atoms. The number of rotatable bonds is 11. The molecule has 2 aromatic rings. The minimum atomic E-state index is -0.590. The van der Waals surface area contributed by atoms with E-state index in [0.717, 1.165) is 5.75 Å². The Morgan fingerprint density at radius 2 is 1.72 bits per heavy atom. The highest BCUT2D eigenvalue weighted by Gasteiger charge is 2.29. The second-order valence-corrected chi connectivity index (χ2v) is 10.0. The molecule has 32 heavy (non-hydrogen) atoms. The van der Waals surface area contributed by atoms with Gasteiger partial charge in [-0.15, -0.1) is 11.8 Å². The third-order valence-corrected chi connectivity index (χ3v) is 6.88. The van der Waals surface area contributed by atoms with Crippen LogP contribution in [0.1, 0.15) is 43.9 Å². The van der Waals surface area contributed by atoms with E-state index in [-0.39, 0.29) is 24.1 Å². The van der Waals surface area contributed by atoms with Gasteiger partial charge < -0.3 is 10.2 Å². The van der Waals surface area contributed by atoms with E-state index in [2.05, 4.69) is 24.4 Å². The molecule has 0 aliphatic rings. The van der Waals surface area contributed by atoms with E-state index in [1.54, 1.807) is 34.9 Å². The maximum absolute atomic E-state index is 13.3. The first-order valence-electron chi connectivity index (χ1n) is 10.9. The Morgan fingerprint density at radius 3 is 2.31 bits per heavy atom. The van der Waals surface area contributed by atoms with Crippen molar-refractivity contribution in [1.29, 1.82) is 0 Å². The molecule has 1 N–H and O–H groups in total. The zero-order valence-corrected chi connectivity index (χ0v) is 21.5. The minimum absolute atomic E-state index is 0.105. The molecule has 2 aromatic carbocycles. The number of benzene rings is 2. The van der Waals surface area contributed by atoms with Crippen LogP contribution in [0.15, 0.2) is 42.5 Å². The highest BCUT2D eigenvalue weighted by Crippen LogP contribution is 2.27. The van der Waals surface area contributed by atoms with E-state index < -0.39 is 6.04 Å². The largest absolute Gasteiger partial charge is 0.354 e. The molecule has 1 unspecified atom stereocenters. The molecule has 0 aliphatic heterocycles. The van der Waals surface area contributed by atoms with Crippen molar-refractivity contribution < 1.29 is 9.59 Å². The van der Waals surface area contributed by atoms with Gasteiger partial charge in [0.05, 0.1) is 5.75 Å². The number of hydrogen-bond donors (Lipinski definition) is 1. The Bertz CT molecular complexity index is 900. The molecule has 0 aliphatic carbocycles. The smallest absolute Gasteiger partial charge is 0.242 e. The Hall–Kier alpha value is -1.69. The van der Waals surface area contributed by atoms with Gasteiger partial charge in [0.25, 0.3) is 0 Å². The Labute approximate surface area is 206 Å². The molecular weight excluding hydrogens is 463 g/mol. The first-order valence-corrected chi connectivity index (χ1v) is 12.8.